The predicted molar refractivity (Wildman–Crippen MR) is 65.3 cm³/mol. The van der Waals surface area contributed by atoms with Crippen LogP contribution in [0.25, 0.3) is 0 Å². The van der Waals surface area contributed by atoms with Gasteiger partial charge in [0.2, 0.25) is 0 Å². The third-order valence-electron chi connectivity index (χ3n) is 2.58. The normalized spacial score (nSPS) is 16.1. The Morgan fingerprint density at radius 2 is 2.33 bits per heavy atom. The maximum Gasteiger partial charge on any atom is 0.191 e. The minimum absolute atomic E-state index is 0.959. The molecule has 1 aliphatic heterocycles. The van der Waals surface area contributed by atoms with Crippen LogP contribution in [0, 0.1) is 0 Å². The molecule has 0 atom stereocenters. The first-order valence-electron chi connectivity index (χ1n) is 6.03. The maximum atomic E-state index is 4.36. The highest BCUT2D eigenvalue weighted by Gasteiger charge is 2.03. The molecule has 0 amide bonds. The van der Waals surface area contributed by atoms with Crippen molar-refractivity contribution in [3.05, 3.63) is 0 Å². The van der Waals surface area contributed by atoms with Gasteiger partial charge in [-0.2, -0.15) is 0 Å². The lowest BCUT2D eigenvalue weighted by molar-refractivity contribution is 0.332. The fourth-order valence-corrected chi connectivity index (χ4v) is 1.56. The molecule has 4 nitrogen and oxygen atoms in total. The Balaban J connectivity index is 2.02. The van der Waals surface area contributed by atoms with Gasteiger partial charge in [0.05, 0.1) is 0 Å². The van der Waals surface area contributed by atoms with Crippen LogP contribution in [0.15, 0.2) is 4.99 Å². The molecule has 0 fully saturated rings. The first-order chi connectivity index (χ1) is 7.33. The fourth-order valence-electron chi connectivity index (χ4n) is 1.56. The van der Waals surface area contributed by atoms with E-state index in [0.29, 0.717) is 0 Å². The molecule has 0 bridgehead atoms. The van der Waals surface area contributed by atoms with E-state index in [4.69, 9.17) is 0 Å². The largest absolute Gasteiger partial charge is 0.356 e. The minimum Gasteiger partial charge on any atom is -0.356 e. The van der Waals surface area contributed by atoms with E-state index in [-0.39, 0.29) is 0 Å². The molecular weight excluding hydrogens is 188 g/mol. The summed E-state index contributed by atoms with van der Waals surface area (Å²) in [5, 5.41) is 6.58. The number of unbranched alkanes of at least 4 members (excludes halogenated alkanes) is 1. The Morgan fingerprint density at radius 1 is 1.47 bits per heavy atom. The Bertz CT molecular complexity index is 191. The lowest BCUT2D eigenvalue weighted by Crippen LogP contribution is -2.43. The van der Waals surface area contributed by atoms with Gasteiger partial charge in [-0.25, -0.2) is 0 Å². The summed E-state index contributed by atoms with van der Waals surface area (Å²) in [6.07, 6.45) is 3.71. The summed E-state index contributed by atoms with van der Waals surface area (Å²) in [6.45, 7) is 7.50. The molecule has 1 aliphatic rings. The van der Waals surface area contributed by atoms with Gasteiger partial charge in [-0.1, -0.05) is 13.3 Å². The van der Waals surface area contributed by atoms with Gasteiger partial charge in [0, 0.05) is 26.2 Å². The lowest BCUT2D eigenvalue weighted by Gasteiger charge is -2.19. The summed E-state index contributed by atoms with van der Waals surface area (Å²) in [4.78, 5) is 6.73. The highest BCUT2D eigenvalue weighted by atomic mass is 15.2. The average molecular weight is 212 g/mol. The third kappa shape index (κ3) is 5.62. The van der Waals surface area contributed by atoms with Crippen LogP contribution in [-0.4, -0.2) is 50.6 Å². The van der Waals surface area contributed by atoms with Crippen LogP contribution in [0.1, 0.15) is 26.2 Å². The zero-order valence-electron chi connectivity index (χ0n) is 10.1. The van der Waals surface area contributed by atoms with E-state index in [1.165, 1.54) is 19.4 Å². The van der Waals surface area contributed by atoms with Crippen LogP contribution in [-0.2, 0) is 0 Å². The number of guanidine groups is 1. The van der Waals surface area contributed by atoms with E-state index >= 15 is 0 Å². The molecule has 0 saturated heterocycles. The molecule has 0 aliphatic carbocycles. The number of hydrogen-bond donors (Lipinski definition) is 2. The van der Waals surface area contributed by atoms with Crippen molar-refractivity contribution in [2.45, 2.75) is 26.2 Å². The lowest BCUT2D eigenvalue weighted by atomic mass is 10.3. The number of nitrogens with zero attached hydrogens (tertiary/aromatic N) is 2. The molecule has 1 rings (SSSR count). The first kappa shape index (κ1) is 12.3. The van der Waals surface area contributed by atoms with Gasteiger partial charge in [-0.15, -0.1) is 0 Å². The maximum absolute atomic E-state index is 4.36. The van der Waals surface area contributed by atoms with Crippen LogP contribution in [0.5, 0.6) is 0 Å². The Labute approximate surface area is 93.1 Å². The van der Waals surface area contributed by atoms with Gasteiger partial charge in [0.25, 0.3) is 0 Å². The van der Waals surface area contributed by atoms with Gasteiger partial charge in [-0.05, 0) is 26.4 Å². The zero-order chi connectivity index (χ0) is 10.9. The second-order valence-electron chi connectivity index (χ2n) is 4.09. The fraction of sp³-hybridized carbons (Fsp3) is 0.909. The van der Waals surface area contributed by atoms with Gasteiger partial charge in [-0.3, -0.25) is 4.99 Å². The van der Waals surface area contributed by atoms with Crippen LogP contribution < -0.4 is 10.6 Å². The van der Waals surface area contributed by atoms with E-state index in [1.54, 1.807) is 0 Å². The summed E-state index contributed by atoms with van der Waals surface area (Å²) in [6, 6.07) is 0. The molecular formula is C11H24N4. The molecule has 0 aromatic rings. The molecule has 0 saturated carbocycles. The smallest absolute Gasteiger partial charge is 0.191 e. The van der Waals surface area contributed by atoms with E-state index in [0.717, 1.165) is 38.6 Å². The number of likely N-dealkylation sites (N-methyl/N-ethyl adjacent to an activating group) is 1. The number of hydrogen-bond acceptors (Lipinski definition) is 4. The first-order valence-corrected chi connectivity index (χ1v) is 6.03. The van der Waals surface area contributed by atoms with Crippen LogP contribution in [0.4, 0.5) is 0 Å². The van der Waals surface area contributed by atoms with E-state index in [1.807, 2.05) is 0 Å². The van der Waals surface area contributed by atoms with Crippen LogP contribution in [0.3, 0.4) is 0 Å². The van der Waals surface area contributed by atoms with Gasteiger partial charge in [0.15, 0.2) is 5.96 Å². The quantitative estimate of drug-likeness (QED) is 0.679. The van der Waals surface area contributed by atoms with Crippen LogP contribution >= 0.6 is 0 Å². The van der Waals surface area contributed by atoms with Crippen molar-refractivity contribution >= 4 is 5.96 Å². The topological polar surface area (TPSA) is 39.7 Å². The molecule has 0 aromatic heterocycles. The second kappa shape index (κ2) is 7.51. The predicted octanol–water partition coefficient (Wildman–Crippen LogP) is 0.657. The second-order valence-corrected chi connectivity index (χ2v) is 4.09. The van der Waals surface area contributed by atoms with Crippen molar-refractivity contribution in [3.63, 3.8) is 0 Å². The molecule has 0 radical (unpaired) electrons. The SMILES string of the molecule is CCCCN(C)CCNC1=NCCCN1. The Morgan fingerprint density at radius 3 is 3.00 bits per heavy atom. The number of nitrogens with one attached hydrogen (secondary N) is 2. The Hall–Kier alpha value is -0.770. The summed E-state index contributed by atoms with van der Waals surface area (Å²) in [5.41, 5.74) is 0. The van der Waals surface area contributed by atoms with Crippen molar-refractivity contribution in [2.75, 3.05) is 39.8 Å². The monoisotopic (exact) mass is 212 g/mol. The van der Waals surface area contributed by atoms with Crippen molar-refractivity contribution in [2.24, 2.45) is 4.99 Å². The van der Waals surface area contributed by atoms with E-state index in [2.05, 4.69) is 34.5 Å². The molecule has 2 N–H and O–H groups in total. The summed E-state index contributed by atoms with van der Waals surface area (Å²) < 4.78 is 0. The summed E-state index contributed by atoms with van der Waals surface area (Å²) in [5.74, 6) is 0.977. The van der Waals surface area contributed by atoms with Crippen molar-refractivity contribution in [1.29, 1.82) is 0 Å². The van der Waals surface area contributed by atoms with Crippen molar-refractivity contribution in [1.82, 2.24) is 15.5 Å². The minimum atomic E-state index is 0.959. The molecule has 15 heavy (non-hydrogen) atoms. The van der Waals surface area contributed by atoms with Gasteiger partial charge in [0.1, 0.15) is 0 Å². The third-order valence-corrected chi connectivity index (χ3v) is 2.58. The van der Waals surface area contributed by atoms with Crippen molar-refractivity contribution < 1.29 is 0 Å². The van der Waals surface area contributed by atoms with E-state index < -0.39 is 0 Å². The molecule has 0 aromatic carbocycles. The number of rotatable bonds is 6. The molecule has 0 spiro atoms. The standard InChI is InChI=1S/C11H24N4/c1-3-4-9-15(2)10-8-14-11-12-6-5-7-13-11/h3-10H2,1-2H3,(H2,12,13,14). The number of aliphatic imine (C=N–C) groups is 1. The zero-order valence-corrected chi connectivity index (χ0v) is 10.1. The summed E-state index contributed by atoms with van der Waals surface area (Å²) in [7, 11) is 2.17. The Kier molecular flexibility index (Phi) is 6.16. The van der Waals surface area contributed by atoms with Crippen molar-refractivity contribution in [3.8, 4) is 0 Å². The highest BCUT2D eigenvalue weighted by Crippen LogP contribution is 1.91. The van der Waals surface area contributed by atoms with E-state index in [9.17, 15) is 0 Å². The molecule has 88 valence electrons. The molecule has 4 heteroatoms. The summed E-state index contributed by atoms with van der Waals surface area (Å²) >= 11 is 0. The van der Waals surface area contributed by atoms with Crippen LogP contribution in [0.2, 0.25) is 0 Å². The van der Waals surface area contributed by atoms with Gasteiger partial charge >= 0.3 is 0 Å². The average Bonchev–Trinajstić information content (AvgIpc) is 2.28. The molecule has 0 unspecified atom stereocenters. The van der Waals surface area contributed by atoms with Gasteiger partial charge < -0.3 is 15.5 Å². The highest BCUT2D eigenvalue weighted by molar-refractivity contribution is 5.80. The molecule has 1 heterocycles.